The third-order valence-corrected chi connectivity index (χ3v) is 6.06. The number of aromatic nitrogens is 2. The Morgan fingerprint density at radius 1 is 1.34 bits per heavy atom. The Bertz CT molecular complexity index is 1330. The summed E-state index contributed by atoms with van der Waals surface area (Å²) in [4.78, 5) is 22.7. The molecule has 8 nitrogen and oxygen atoms in total. The Morgan fingerprint density at radius 2 is 2.19 bits per heavy atom. The third kappa shape index (κ3) is 3.36. The standard InChI is InChI=1S/C23H22ClN3O5/c1-12-25-21-20-14(10-24)11-27(18(20)9-19(28)22(21)32-12)23(29)17-8-13-7-15(31-6-5-30-2)3-4-16(13)26-17/h3-4,7-9,14,26,28H,5-6,10-11H2,1-2H3. The monoisotopic (exact) mass is 455 g/mol. The van der Waals surface area contributed by atoms with Crippen molar-refractivity contribution in [2.75, 3.05) is 37.6 Å². The maximum Gasteiger partial charge on any atom is 0.274 e. The van der Waals surface area contributed by atoms with Gasteiger partial charge in [0.25, 0.3) is 5.91 Å². The zero-order chi connectivity index (χ0) is 22.4. The molecule has 1 amide bonds. The van der Waals surface area contributed by atoms with Gasteiger partial charge in [-0.15, -0.1) is 11.6 Å². The number of aromatic hydroxyl groups is 1. The fraction of sp³-hybridized carbons (Fsp3) is 0.304. The summed E-state index contributed by atoms with van der Waals surface area (Å²) < 4.78 is 16.2. The number of phenols is 1. The van der Waals surface area contributed by atoms with Gasteiger partial charge in [0, 0.05) is 54.9 Å². The number of carbonyl (C=O) groups excluding carboxylic acids is 1. The molecule has 1 atom stereocenters. The molecule has 2 N–H and O–H groups in total. The van der Waals surface area contributed by atoms with E-state index in [0.717, 1.165) is 16.5 Å². The Hall–Kier alpha value is -3.23. The van der Waals surface area contributed by atoms with Crippen LogP contribution in [0.1, 0.15) is 27.9 Å². The van der Waals surface area contributed by atoms with Crippen molar-refractivity contribution in [2.24, 2.45) is 0 Å². The van der Waals surface area contributed by atoms with Crippen LogP contribution in [0.5, 0.6) is 11.5 Å². The highest BCUT2D eigenvalue weighted by molar-refractivity contribution is 6.19. The van der Waals surface area contributed by atoms with Crippen molar-refractivity contribution < 1.29 is 23.8 Å². The number of amides is 1. The molecule has 4 aromatic rings. The van der Waals surface area contributed by atoms with E-state index < -0.39 is 0 Å². The van der Waals surface area contributed by atoms with E-state index in [4.69, 9.17) is 25.5 Å². The second-order valence-corrected chi connectivity index (χ2v) is 8.09. The van der Waals surface area contributed by atoms with E-state index in [0.29, 0.717) is 59.8 Å². The van der Waals surface area contributed by atoms with Crippen LogP contribution in [0.15, 0.2) is 34.7 Å². The van der Waals surface area contributed by atoms with Crippen LogP contribution in [-0.4, -0.2) is 53.7 Å². The Kier molecular flexibility index (Phi) is 5.19. The van der Waals surface area contributed by atoms with Crippen LogP contribution >= 0.6 is 11.6 Å². The predicted octanol–water partition coefficient (Wildman–Crippen LogP) is 4.33. The number of phenolic OH excluding ortho intramolecular Hbond substituents is 1. The molecule has 2 aromatic heterocycles. The van der Waals surface area contributed by atoms with Gasteiger partial charge in [-0.1, -0.05) is 0 Å². The van der Waals surface area contributed by atoms with Crippen molar-refractivity contribution in [1.29, 1.82) is 0 Å². The van der Waals surface area contributed by atoms with E-state index in [9.17, 15) is 9.90 Å². The number of halogens is 1. The second kappa shape index (κ2) is 8.03. The van der Waals surface area contributed by atoms with Crippen molar-refractivity contribution in [3.05, 3.63) is 47.5 Å². The molecule has 1 aliphatic heterocycles. The van der Waals surface area contributed by atoms with Gasteiger partial charge < -0.3 is 28.9 Å². The summed E-state index contributed by atoms with van der Waals surface area (Å²) in [5.74, 6) is 1.08. The van der Waals surface area contributed by atoms with Gasteiger partial charge in [-0.3, -0.25) is 4.79 Å². The summed E-state index contributed by atoms with van der Waals surface area (Å²) in [6, 6.07) is 8.95. The summed E-state index contributed by atoms with van der Waals surface area (Å²) >= 11 is 6.24. The van der Waals surface area contributed by atoms with Crippen LogP contribution in [0.4, 0.5) is 5.69 Å². The zero-order valence-corrected chi connectivity index (χ0v) is 18.4. The molecule has 9 heteroatoms. The second-order valence-electron chi connectivity index (χ2n) is 7.78. The minimum Gasteiger partial charge on any atom is -0.504 e. The normalized spacial score (nSPS) is 15.6. The number of nitrogens with zero attached hydrogens (tertiary/aromatic N) is 2. The number of oxazole rings is 1. The van der Waals surface area contributed by atoms with Crippen molar-refractivity contribution in [1.82, 2.24) is 9.97 Å². The maximum atomic E-state index is 13.5. The average Bonchev–Trinajstić information content (AvgIpc) is 3.47. The molecule has 32 heavy (non-hydrogen) atoms. The quantitative estimate of drug-likeness (QED) is 0.331. The lowest BCUT2D eigenvalue weighted by atomic mass is 10.0. The molecule has 0 bridgehead atoms. The summed E-state index contributed by atoms with van der Waals surface area (Å²) in [5.41, 5.74) is 3.55. The molecular weight excluding hydrogens is 434 g/mol. The highest BCUT2D eigenvalue weighted by Crippen LogP contribution is 2.45. The Morgan fingerprint density at radius 3 is 2.97 bits per heavy atom. The highest BCUT2D eigenvalue weighted by atomic mass is 35.5. The van der Waals surface area contributed by atoms with Crippen molar-refractivity contribution in [3.63, 3.8) is 0 Å². The molecule has 5 rings (SSSR count). The lowest BCUT2D eigenvalue weighted by Gasteiger charge is -2.17. The van der Waals surface area contributed by atoms with Crippen molar-refractivity contribution >= 4 is 45.2 Å². The number of hydrogen-bond acceptors (Lipinski definition) is 6. The smallest absolute Gasteiger partial charge is 0.274 e. The van der Waals surface area contributed by atoms with E-state index >= 15 is 0 Å². The van der Waals surface area contributed by atoms with Crippen LogP contribution in [0.2, 0.25) is 0 Å². The van der Waals surface area contributed by atoms with Gasteiger partial charge in [-0.25, -0.2) is 4.98 Å². The number of fused-ring (bicyclic) bond motifs is 4. The van der Waals surface area contributed by atoms with Gasteiger partial charge in [0.1, 0.15) is 23.6 Å². The maximum absolute atomic E-state index is 13.5. The van der Waals surface area contributed by atoms with Crippen LogP contribution in [0, 0.1) is 6.92 Å². The number of rotatable bonds is 6. The minimum absolute atomic E-state index is 0.0538. The van der Waals surface area contributed by atoms with Gasteiger partial charge in [0.15, 0.2) is 17.2 Å². The number of nitrogens with one attached hydrogen (secondary N) is 1. The first-order chi connectivity index (χ1) is 15.5. The Balaban J connectivity index is 1.51. The molecule has 0 fully saturated rings. The number of anilines is 1. The molecule has 1 aliphatic rings. The first-order valence-corrected chi connectivity index (χ1v) is 10.8. The fourth-order valence-corrected chi connectivity index (χ4v) is 4.49. The topological polar surface area (TPSA) is 101 Å². The number of hydrogen-bond donors (Lipinski definition) is 2. The summed E-state index contributed by atoms with van der Waals surface area (Å²) in [6.45, 7) is 3.05. The molecular formula is C23H22ClN3O5. The predicted molar refractivity (Wildman–Crippen MR) is 121 cm³/mol. The number of H-pyrrole nitrogens is 1. The molecule has 0 spiro atoms. The van der Waals surface area contributed by atoms with Crippen LogP contribution in [0.25, 0.3) is 22.0 Å². The van der Waals surface area contributed by atoms with Gasteiger partial charge in [0.2, 0.25) is 0 Å². The summed E-state index contributed by atoms with van der Waals surface area (Å²) in [7, 11) is 1.62. The highest BCUT2D eigenvalue weighted by Gasteiger charge is 2.37. The summed E-state index contributed by atoms with van der Waals surface area (Å²) in [5, 5.41) is 11.3. The molecule has 0 saturated heterocycles. The van der Waals surface area contributed by atoms with E-state index in [1.54, 1.807) is 31.1 Å². The number of methoxy groups -OCH3 is 1. The van der Waals surface area contributed by atoms with E-state index in [-0.39, 0.29) is 17.6 Å². The van der Waals surface area contributed by atoms with Crippen molar-refractivity contribution in [3.8, 4) is 11.5 Å². The van der Waals surface area contributed by atoms with Crippen LogP contribution in [-0.2, 0) is 4.74 Å². The van der Waals surface area contributed by atoms with E-state index in [1.807, 2.05) is 18.2 Å². The molecule has 166 valence electrons. The number of carbonyl (C=O) groups is 1. The fourth-order valence-electron chi connectivity index (χ4n) is 4.24. The lowest BCUT2D eigenvalue weighted by Crippen LogP contribution is -2.30. The van der Waals surface area contributed by atoms with Gasteiger partial charge in [-0.2, -0.15) is 0 Å². The number of alkyl halides is 1. The van der Waals surface area contributed by atoms with Crippen molar-refractivity contribution in [2.45, 2.75) is 12.8 Å². The van der Waals surface area contributed by atoms with Gasteiger partial charge in [-0.05, 0) is 24.3 Å². The van der Waals surface area contributed by atoms with Crippen LogP contribution in [0.3, 0.4) is 0 Å². The average molecular weight is 456 g/mol. The molecule has 3 heterocycles. The third-order valence-electron chi connectivity index (χ3n) is 5.68. The number of benzene rings is 2. The molecule has 0 saturated carbocycles. The van der Waals surface area contributed by atoms with E-state index in [2.05, 4.69) is 9.97 Å². The lowest BCUT2D eigenvalue weighted by molar-refractivity contribution is 0.0984. The largest absolute Gasteiger partial charge is 0.504 e. The Labute approximate surface area is 188 Å². The number of aromatic amines is 1. The molecule has 1 unspecified atom stereocenters. The number of ether oxygens (including phenoxy) is 2. The first kappa shape index (κ1) is 20.7. The first-order valence-electron chi connectivity index (χ1n) is 10.3. The van der Waals surface area contributed by atoms with Gasteiger partial charge >= 0.3 is 0 Å². The van der Waals surface area contributed by atoms with Crippen LogP contribution < -0.4 is 9.64 Å². The molecule has 0 radical (unpaired) electrons. The SMILES string of the molecule is COCCOc1ccc2[nH]c(C(=O)N3CC(CCl)c4c3cc(O)c3oc(C)nc43)cc2c1. The number of aryl methyl sites for hydroxylation is 1. The van der Waals surface area contributed by atoms with E-state index in [1.165, 1.54) is 0 Å². The molecule has 0 aliphatic carbocycles. The molecule has 2 aromatic carbocycles. The zero-order valence-electron chi connectivity index (χ0n) is 17.6. The van der Waals surface area contributed by atoms with Gasteiger partial charge in [0.05, 0.1) is 12.3 Å². The minimum atomic E-state index is -0.212. The summed E-state index contributed by atoms with van der Waals surface area (Å²) in [6.07, 6.45) is 0.